The number of nitrogens with zero attached hydrogens (tertiary/aromatic N) is 1. The minimum absolute atomic E-state index is 0.0789. The molecule has 1 heterocycles. The van der Waals surface area contributed by atoms with Crippen molar-refractivity contribution >= 4 is 11.8 Å². The van der Waals surface area contributed by atoms with E-state index in [-0.39, 0.29) is 23.3 Å². The van der Waals surface area contributed by atoms with Crippen molar-refractivity contribution in [3.05, 3.63) is 60.2 Å². The molecule has 0 atom stereocenters. The molecule has 1 aliphatic heterocycles. The quantitative estimate of drug-likeness (QED) is 0.863. The van der Waals surface area contributed by atoms with Crippen LogP contribution in [0.3, 0.4) is 0 Å². The van der Waals surface area contributed by atoms with Crippen molar-refractivity contribution in [3.8, 4) is 11.5 Å². The Balaban J connectivity index is 1.56. The Morgan fingerprint density at radius 3 is 2.25 bits per heavy atom. The highest BCUT2D eigenvalue weighted by Gasteiger charge is 2.30. The molecule has 28 heavy (non-hydrogen) atoms. The zero-order valence-corrected chi connectivity index (χ0v) is 16.8. The second-order valence-electron chi connectivity index (χ2n) is 8.23. The second-order valence-corrected chi connectivity index (χ2v) is 8.23. The highest BCUT2D eigenvalue weighted by Crippen LogP contribution is 2.23. The van der Waals surface area contributed by atoms with Crippen LogP contribution < -0.4 is 10.1 Å². The molecule has 2 amide bonds. The maximum absolute atomic E-state index is 12.6. The van der Waals surface area contributed by atoms with Crippen molar-refractivity contribution in [3.63, 3.8) is 0 Å². The van der Waals surface area contributed by atoms with Crippen LogP contribution in [0.2, 0.25) is 0 Å². The minimum atomic E-state index is -0.366. The SMILES string of the molecule is CC(C)(C)C(=O)N1CCC(NC(=O)c2cccc(Oc3ccccc3)c2)CC1. The van der Waals surface area contributed by atoms with Gasteiger partial charge in [0.1, 0.15) is 11.5 Å². The lowest BCUT2D eigenvalue weighted by Gasteiger charge is -2.36. The van der Waals surface area contributed by atoms with E-state index >= 15 is 0 Å². The summed E-state index contributed by atoms with van der Waals surface area (Å²) in [5.41, 5.74) is 0.205. The van der Waals surface area contributed by atoms with Gasteiger partial charge in [-0.05, 0) is 43.2 Å². The molecule has 2 aromatic rings. The summed E-state index contributed by atoms with van der Waals surface area (Å²) in [5.74, 6) is 1.42. The predicted molar refractivity (Wildman–Crippen MR) is 109 cm³/mol. The van der Waals surface area contributed by atoms with E-state index in [9.17, 15) is 9.59 Å². The monoisotopic (exact) mass is 380 g/mol. The molecule has 5 heteroatoms. The van der Waals surface area contributed by atoms with Crippen LogP contribution >= 0.6 is 0 Å². The molecule has 0 spiro atoms. The van der Waals surface area contributed by atoms with E-state index in [1.54, 1.807) is 12.1 Å². The molecule has 0 aromatic heterocycles. The highest BCUT2D eigenvalue weighted by atomic mass is 16.5. The van der Waals surface area contributed by atoms with Gasteiger partial charge in [0.15, 0.2) is 0 Å². The van der Waals surface area contributed by atoms with E-state index in [4.69, 9.17) is 4.74 Å². The molecule has 1 fully saturated rings. The summed E-state index contributed by atoms with van der Waals surface area (Å²) < 4.78 is 5.81. The van der Waals surface area contributed by atoms with E-state index in [1.807, 2.05) is 68.1 Å². The van der Waals surface area contributed by atoms with Crippen LogP contribution in [0.1, 0.15) is 44.0 Å². The fourth-order valence-corrected chi connectivity index (χ4v) is 3.30. The first-order valence-electron chi connectivity index (χ1n) is 9.76. The molecule has 3 rings (SSSR count). The fourth-order valence-electron chi connectivity index (χ4n) is 3.30. The van der Waals surface area contributed by atoms with Gasteiger partial charge in [-0.25, -0.2) is 0 Å². The number of hydrogen-bond acceptors (Lipinski definition) is 3. The van der Waals surface area contributed by atoms with Crippen LogP contribution in [0.25, 0.3) is 0 Å². The normalized spacial score (nSPS) is 15.2. The lowest BCUT2D eigenvalue weighted by Crippen LogP contribution is -2.49. The van der Waals surface area contributed by atoms with Crippen molar-refractivity contribution < 1.29 is 14.3 Å². The van der Waals surface area contributed by atoms with Crippen molar-refractivity contribution in [2.75, 3.05) is 13.1 Å². The second kappa shape index (κ2) is 8.46. The number of benzene rings is 2. The average Bonchev–Trinajstić information content (AvgIpc) is 2.68. The van der Waals surface area contributed by atoms with Crippen LogP contribution in [-0.4, -0.2) is 35.8 Å². The van der Waals surface area contributed by atoms with Gasteiger partial charge in [0.2, 0.25) is 5.91 Å². The third-order valence-electron chi connectivity index (χ3n) is 4.83. The van der Waals surface area contributed by atoms with Crippen LogP contribution in [0.15, 0.2) is 54.6 Å². The summed E-state index contributed by atoms with van der Waals surface area (Å²) in [6.45, 7) is 7.17. The number of likely N-dealkylation sites (tertiary alicyclic amines) is 1. The molecular weight excluding hydrogens is 352 g/mol. The minimum Gasteiger partial charge on any atom is -0.457 e. The first-order valence-corrected chi connectivity index (χ1v) is 9.76. The molecule has 148 valence electrons. The molecule has 0 bridgehead atoms. The molecule has 0 aliphatic carbocycles. The molecule has 1 N–H and O–H groups in total. The first-order chi connectivity index (χ1) is 13.3. The number of para-hydroxylation sites is 1. The van der Waals surface area contributed by atoms with Crippen molar-refractivity contribution in [1.82, 2.24) is 10.2 Å². The number of ether oxygens (including phenoxy) is 1. The zero-order valence-electron chi connectivity index (χ0n) is 16.8. The van der Waals surface area contributed by atoms with Crippen LogP contribution in [0.5, 0.6) is 11.5 Å². The molecular formula is C23H28N2O3. The first kappa shape index (κ1) is 19.9. The van der Waals surface area contributed by atoms with Gasteiger partial charge in [-0.15, -0.1) is 0 Å². The van der Waals surface area contributed by atoms with Gasteiger partial charge in [0.05, 0.1) is 0 Å². The number of carbonyl (C=O) groups is 2. The number of hydrogen-bond donors (Lipinski definition) is 1. The number of amides is 2. The highest BCUT2D eigenvalue weighted by molar-refractivity contribution is 5.94. The molecule has 0 saturated carbocycles. The average molecular weight is 380 g/mol. The molecule has 1 saturated heterocycles. The maximum Gasteiger partial charge on any atom is 0.251 e. The lowest BCUT2D eigenvalue weighted by atomic mass is 9.93. The number of piperidine rings is 1. The Kier molecular flexibility index (Phi) is 6.02. The lowest BCUT2D eigenvalue weighted by molar-refractivity contribution is -0.140. The smallest absolute Gasteiger partial charge is 0.251 e. The van der Waals surface area contributed by atoms with Gasteiger partial charge in [-0.3, -0.25) is 9.59 Å². The largest absolute Gasteiger partial charge is 0.457 e. The van der Waals surface area contributed by atoms with Gasteiger partial charge in [-0.1, -0.05) is 45.0 Å². The van der Waals surface area contributed by atoms with Gasteiger partial charge in [0.25, 0.3) is 5.91 Å². The summed E-state index contributed by atoms with van der Waals surface area (Å²) in [5, 5.41) is 3.09. The Morgan fingerprint density at radius 1 is 0.964 bits per heavy atom. The van der Waals surface area contributed by atoms with Crippen LogP contribution in [-0.2, 0) is 4.79 Å². The Bertz CT molecular complexity index is 819. The fraction of sp³-hybridized carbons (Fsp3) is 0.391. The Morgan fingerprint density at radius 2 is 1.61 bits per heavy atom. The molecule has 5 nitrogen and oxygen atoms in total. The maximum atomic E-state index is 12.6. The van der Waals surface area contributed by atoms with Crippen molar-refractivity contribution in [1.29, 1.82) is 0 Å². The molecule has 0 unspecified atom stereocenters. The summed E-state index contributed by atoms with van der Waals surface area (Å²) >= 11 is 0. The van der Waals surface area contributed by atoms with E-state index in [2.05, 4.69) is 5.32 Å². The van der Waals surface area contributed by atoms with Crippen molar-refractivity contribution in [2.24, 2.45) is 5.41 Å². The third kappa shape index (κ3) is 5.12. The zero-order chi connectivity index (χ0) is 20.1. The van der Waals surface area contributed by atoms with Crippen LogP contribution in [0.4, 0.5) is 0 Å². The number of carbonyl (C=O) groups excluding carboxylic acids is 2. The summed E-state index contributed by atoms with van der Waals surface area (Å²) in [4.78, 5) is 26.9. The van der Waals surface area contributed by atoms with Gasteiger partial charge in [0, 0.05) is 30.1 Å². The predicted octanol–water partition coefficient (Wildman–Crippen LogP) is 4.25. The summed E-state index contributed by atoms with van der Waals surface area (Å²) in [6, 6.07) is 16.8. The Hall–Kier alpha value is -2.82. The van der Waals surface area contributed by atoms with Gasteiger partial charge >= 0.3 is 0 Å². The Labute approximate surface area is 166 Å². The van der Waals surface area contributed by atoms with Gasteiger partial charge < -0.3 is 15.0 Å². The summed E-state index contributed by atoms with van der Waals surface area (Å²) in [7, 11) is 0. The standard InChI is InChI=1S/C23H28N2O3/c1-23(2,3)22(27)25-14-12-18(13-15-25)24-21(26)17-8-7-11-20(16-17)28-19-9-5-4-6-10-19/h4-11,16,18H,12-15H2,1-3H3,(H,24,26). The number of rotatable bonds is 4. The van der Waals surface area contributed by atoms with E-state index in [1.165, 1.54) is 0 Å². The molecule has 2 aromatic carbocycles. The molecule has 0 radical (unpaired) electrons. The van der Waals surface area contributed by atoms with E-state index in [0.29, 0.717) is 24.4 Å². The summed E-state index contributed by atoms with van der Waals surface area (Å²) in [6.07, 6.45) is 1.54. The van der Waals surface area contributed by atoms with Crippen molar-refractivity contribution in [2.45, 2.75) is 39.7 Å². The topological polar surface area (TPSA) is 58.6 Å². The molecule has 1 aliphatic rings. The van der Waals surface area contributed by atoms with Gasteiger partial charge in [-0.2, -0.15) is 0 Å². The number of nitrogens with one attached hydrogen (secondary N) is 1. The van der Waals surface area contributed by atoms with E-state index in [0.717, 1.165) is 18.6 Å². The van der Waals surface area contributed by atoms with Crippen LogP contribution in [0, 0.1) is 5.41 Å². The third-order valence-corrected chi connectivity index (χ3v) is 4.83. The van der Waals surface area contributed by atoms with E-state index < -0.39 is 0 Å².